The molecule has 4 nitrogen and oxygen atoms in total. The van der Waals surface area contributed by atoms with Crippen LogP contribution in [0.25, 0.3) is 0 Å². The van der Waals surface area contributed by atoms with Crippen LogP contribution in [0.2, 0.25) is 0 Å². The number of nitrogens with one attached hydrogen (secondary N) is 1. The molecule has 13 heavy (non-hydrogen) atoms. The fourth-order valence-electron chi connectivity index (χ4n) is 1.02. The minimum Gasteiger partial charge on any atom is -0.388 e. The molecule has 0 spiro atoms. The summed E-state index contributed by atoms with van der Waals surface area (Å²) in [6, 6.07) is 0. The number of hydrogen-bond donors (Lipinski definition) is 2. The van der Waals surface area contributed by atoms with Crippen molar-refractivity contribution in [1.29, 1.82) is 5.41 Å². The van der Waals surface area contributed by atoms with Crippen molar-refractivity contribution in [2.75, 3.05) is 20.3 Å². The van der Waals surface area contributed by atoms with Crippen molar-refractivity contribution < 1.29 is 9.47 Å². The molecule has 0 bridgehead atoms. The molecule has 0 saturated carbocycles. The zero-order valence-corrected chi connectivity index (χ0v) is 8.51. The summed E-state index contributed by atoms with van der Waals surface area (Å²) in [6.07, 6.45) is 2.41. The van der Waals surface area contributed by atoms with Gasteiger partial charge in [-0.3, -0.25) is 5.41 Å². The number of methoxy groups -OCH3 is 1. The molecule has 0 saturated heterocycles. The lowest BCUT2D eigenvalue weighted by Crippen LogP contribution is -2.22. The molecule has 0 aliphatic rings. The van der Waals surface area contributed by atoms with Gasteiger partial charge in [0.05, 0.1) is 11.9 Å². The van der Waals surface area contributed by atoms with Gasteiger partial charge in [0.25, 0.3) is 0 Å². The van der Waals surface area contributed by atoms with Crippen LogP contribution in [-0.4, -0.2) is 32.3 Å². The van der Waals surface area contributed by atoms with Crippen LogP contribution in [0.4, 0.5) is 0 Å². The molecule has 3 N–H and O–H groups in total. The third-order valence-electron chi connectivity index (χ3n) is 1.75. The highest BCUT2D eigenvalue weighted by Crippen LogP contribution is 2.03. The Hall–Kier alpha value is -0.610. The molecule has 0 rings (SSSR count). The lowest BCUT2D eigenvalue weighted by molar-refractivity contribution is 0.0415. The monoisotopic (exact) mass is 188 g/mol. The quantitative estimate of drug-likeness (QED) is 0.341. The van der Waals surface area contributed by atoms with E-state index in [9.17, 15) is 0 Å². The topological polar surface area (TPSA) is 68.3 Å². The van der Waals surface area contributed by atoms with E-state index >= 15 is 0 Å². The summed E-state index contributed by atoms with van der Waals surface area (Å²) in [4.78, 5) is 0. The lowest BCUT2D eigenvalue weighted by Gasteiger charge is -2.14. The molecule has 0 aromatic carbocycles. The molecule has 78 valence electrons. The van der Waals surface area contributed by atoms with Crippen molar-refractivity contribution in [2.24, 2.45) is 5.73 Å². The van der Waals surface area contributed by atoms with Gasteiger partial charge in [0.1, 0.15) is 0 Å². The minimum atomic E-state index is 0.0920. The van der Waals surface area contributed by atoms with Crippen LogP contribution in [0.15, 0.2) is 0 Å². The Morgan fingerprint density at radius 3 is 2.62 bits per heavy atom. The Morgan fingerprint density at radius 2 is 2.15 bits per heavy atom. The Balaban J connectivity index is 3.42. The van der Waals surface area contributed by atoms with Crippen molar-refractivity contribution in [1.82, 2.24) is 0 Å². The SMILES string of the molecule is CCC(CC(=N)N)OCCCOC. The van der Waals surface area contributed by atoms with Gasteiger partial charge >= 0.3 is 0 Å². The molecule has 0 amide bonds. The van der Waals surface area contributed by atoms with E-state index in [-0.39, 0.29) is 11.9 Å². The van der Waals surface area contributed by atoms with Gasteiger partial charge in [-0.05, 0) is 12.8 Å². The van der Waals surface area contributed by atoms with Crippen LogP contribution in [0.5, 0.6) is 0 Å². The molecular weight excluding hydrogens is 168 g/mol. The smallest absolute Gasteiger partial charge is 0.0931 e. The van der Waals surface area contributed by atoms with Gasteiger partial charge in [-0.15, -0.1) is 0 Å². The number of amidine groups is 1. The number of hydrogen-bond acceptors (Lipinski definition) is 3. The maximum absolute atomic E-state index is 7.12. The summed E-state index contributed by atoms with van der Waals surface area (Å²) in [5.74, 6) is 0.193. The normalized spacial score (nSPS) is 12.8. The zero-order chi connectivity index (χ0) is 10.1. The summed E-state index contributed by atoms with van der Waals surface area (Å²) in [5, 5.41) is 7.12. The van der Waals surface area contributed by atoms with Crippen LogP contribution in [0.3, 0.4) is 0 Å². The van der Waals surface area contributed by atoms with Crippen LogP contribution in [-0.2, 0) is 9.47 Å². The van der Waals surface area contributed by atoms with Crippen LogP contribution in [0, 0.1) is 5.41 Å². The van der Waals surface area contributed by atoms with E-state index in [4.69, 9.17) is 20.6 Å². The molecule has 0 heterocycles. The van der Waals surface area contributed by atoms with Gasteiger partial charge in [0.15, 0.2) is 0 Å². The zero-order valence-electron chi connectivity index (χ0n) is 8.51. The standard InChI is InChI=1S/C9H20N2O2/c1-3-8(7-9(10)11)13-6-4-5-12-2/h8H,3-7H2,1-2H3,(H3,10,11). The third-order valence-corrected chi connectivity index (χ3v) is 1.75. The van der Waals surface area contributed by atoms with E-state index in [1.165, 1.54) is 0 Å². The van der Waals surface area contributed by atoms with E-state index in [2.05, 4.69) is 0 Å². The molecule has 0 aromatic heterocycles. The predicted octanol–water partition coefficient (Wildman–Crippen LogP) is 1.14. The Bertz CT molecular complexity index is 140. The number of rotatable bonds is 8. The molecule has 0 radical (unpaired) electrons. The second-order valence-electron chi connectivity index (χ2n) is 2.98. The number of nitrogens with two attached hydrogens (primary N) is 1. The second-order valence-corrected chi connectivity index (χ2v) is 2.98. The Kier molecular flexibility index (Phi) is 7.63. The molecule has 4 heteroatoms. The first-order valence-electron chi connectivity index (χ1n) is 4.64. The molecule has 0 aliphatic heterocycles. The van der Waals surface area contributed by atoms with Crippen molar-refractivity contribution >= 4 is 5.84 Å². The Morgan fingerprint density at radius 1 is 1.46 bits per heavy atom. The number of ether oxygens (including phenoxy) is 2. The average molecular weight is 188 g/mol. The highest BCUT2D eigenvalue weighted by molar-refractivity contribution is 5.77. The summed E-state index contributed by atoms with van der Waals surface area (Å²) in [7, 11) is 1.67. The highest BCUT2D eigenvalue weighted by atomic mass is 16.5. The molecule has 1 atom stereocenters. The molecular formula is C9H20N2O2. The van der Waals surface area contributed by atoms with Gasteiger partial charge in [0, 0.05) is 26.7 Å². The summed E-state index contributed by atoms with van der Waals surface area (Å²) < 4.78 is 10.4. The van der Waals surface area contributed by atoms with Gasteiger partial charge in [0.2, 0.25) is 0 Å². The Labute approximate surface area is 79.9 Å². The van der Waals surface area contributed by atoms with E-state index in [0.29, 0.717) is 13.0 Å². The van der Waals surface area contributed by atoms with Gasteiger partial charge < -0.3 is 15.2 Å². The fraction of sp³-hybridized carbons (Fsp3) is 0.889. The van der Waals surface area contributed by atoms with Crippen molar-refractivity contribution in [2.45, 2.75) is 32.3 Å². The highest BCUT2D eigenvalue weighted by Gasteiger charge is 2.07. The first-order valence-corrected chi connectivity index (χ1v) is 4.64. The van der Waals surface area contributed by atoms with Crippen LogP contribution >= 0.6 is 0 Å². The van der Waals surface area contributed by atoms with Crippen LogP contribution in [0.1, 0.15) is 26.2 Å². The first-order chi connectivity index (χ1) is 6.20. The molecule has 0 aliphatic carbocycles. The van der Waals surface area contributed by atoms with E-state index < -0.39 is 0 Å². The summed E-state index contributed by atoms with van der Waals surface area (Å²) >= 11 is 0. The van der Waals surface area contributed by atoms with Crippen molar-refractivity contribution in [3.8, 4) is 0 Å². The predicted molar refractivity (Wildman–Crippen MR) is 53.1 cm³/mol. The molecule has 0 fully saturated rings. The van der Waals surface area contributed by atoms with Crippen molar-refractivity contribution in [3.05, 3.63) is 0 Å². The second kappa shape index (κ2) is 8.01. The maximum atomic E-state index is 7.12. The average Bonchev–Trinajstić information content (AvgIpc) is 2.09. The van der Waals surface area contributed by atoms with Gasteiger partial charge in [-0.2, -0.15) is 0 Å². The summed E-state index contributed by atoms with van der Waals surface area (Å²) in [6.45, 7) is 3.43. The largest absolute Gasteiger partial charge is 0.388 e. The minimum absolute atomic E-state index is 0.0920. The molecule has 1 unspecified atom stereocenters. The van der Waals surface area contributed by atoms with E-state index in [0.717, 1.165) is 19.4 Å². The molecule has 0 aromatic rings. The van der Waals surface area contributed by atoms with Gasteiger partial charge in [-0.25, -0.2) is 0 Å². The van der Waals surface area contributed by atoms with Crippen LogP contribution < -0.4 is 5.73 Å². The fourth-order valence-corrected chi connectivity index (χ4v) is 1.02. The van der Waals surface area contributed by atoms with E-state index in [1.807, 2.05) is 6.92 Å². The maximum Gasteiger partial charge on any atom is 0.0931 e. The lowest BCUT2D eigenvalue weighted by atomic mass is 10.2. The first kappa shape index (κ1) is 12.4. The van der Waals surface area contributed by atoms with Gasteiger partial charge in [-0.1, -0.05) is 6.92 Å². The van der Waals surface area contributed by atoms with E-state index in [1.54, 1.807) is 7.11 Å². The van der Waals surface area contributed by atoms with Crippen molar-refractivity contribution in [3.63, 3.8) is 0 Å². The third kappa shape index (κ3) is 7.74. The summed E-state index contributed by atoms with van der Waals surface area (Å²) in [5.41, 5.74) is 5.28.